The third kappa shape index (κ3) is 4.85. The average Bonchev–Trinajstić information content (AvgIpc) is 2.72. The third-order valence-electron chi connectivity index (χ3n) is 4.19. The van der Waals surface area contributed by atoms with Gasteiger partial charge in [-0.15, -0.1) is 0 Å². The van der Waals surface area contributed by atoms with Gasteiger partial charge in [-0.05, 0) is 30.3 Å². The zero-order chi connectivity index (χ0) is 20.8. The fourth-order valence-corrected chi connectivity index (χ4v) is 2.73. The minimum atomic E-state index is -1.33. The second-order valence-corrected chi connectivity index (χ2v) is 6.12. The van der Waals surface area contributed by atoms with Crippen LogP contribution in [0.4, 0.5) is 20.3 Å². The van der Waals surface area contributed by atoms with Crippen LogP contribution in [0, 0.1) is 11.6 Å². The number of aromatic nitrogens is 1. The number of halogens is 2. The Kier molecular flexibility index (Phi) is 6.36. The first kappa shape index (κ1) is 20.2. The number of para-hydroxylation sites is 2. The summed E-state index contributed by atoms with van der Waals surface area (Å²) in [4.78, 5) is 16.8. The number of nitrogens with zero attached hydrogens (tertiary/aromatic N) is 1. The number of anilines is 2. The van der Waals surface area contributed by atoms with Gasteiger partial charge < -0.3 is 20.5 Å². The van der Waals surface area contributed by atoms with E-state index in [1.807, 2.05) is 6.07 Å². The molecule has 0 saturated carbocycles. The van der Waals surface area contributed by atoms with Gasteiger partial charge in [0.2, 0.25) is 0 Å². The maximum atomic E-state index is 13.8. The quantitative estimate of drug-likeness (QED) is 0.566. The molecule has 1 aromatic heterocycles. The van der Waals surface area contributed by atoms with Crippen LogP contribution >= 0.6 is 0 Å². The summed E-state index contributed by atoms with van der Waals surface area (Å²) < 4.78 is 32.1. The van der Waals surface area contributed by atoms with Crippen molar-refractivity contribution >= 4 is 17.4 Å². The van der Waals surface area contributed by atoms with Crippen LogP contribution in [0.25, 0.3) is 0 Å². The summed E-state index contributed by atoms with van der Waals surface area (Å²) in [5.41, 5.74) is 0.742. The van der Waals surface area contributed by atoms with Crippen LogP contribution in [-0.2, 0) is 0 Å². The minimum absolute atomic E-state index is 0.106. The lowest BCUT2D eigenvalue weighted by atomic mass is 10.1. The van der Waals surface area contributed by atoms with E-state index < -0.39 is 23.6 Å². The van der Waals surface area contributed by atoms with Crippen LogP contribution in [0.15, 0.2) is 60.8 Å². The number of nitrogens with one attached hydrogen (secondary N) is 2. The topological polar surface area (TPSA) is 83.5 Å². The van der Waals surface area contributed by atoms with Gasteiger partial charge in [0, 0.05) is 24.4 Å². The van der Waals surface area contributed by atoms with E-state index in [4.69, 9.17) is 4.74 Å². The molecule has 29 heavy (non-hydrogen) atoms. The van der Waals surface area contributed by atoms with Crippen molar-refractivity contribution in [3.8, 4) is 5.75 Å². The highest BCUT2D eigenvalue weighted by Gasteiger charge is 2.18. The van der Waals surface area contributed by atoms with Gasteiger partial charge >= 0.3 is 0 Å². The van der Waals surface area contributed by atoms with Crippen molar-refractivity contribution < 1.29 is 23.4 Å². The zero-order valence-corrected chi connectivity index (χ0v) is 15.5. The van der Waals surface area contributed by atoms with E-state index in [0.717, 1.165) is 12.1 Å². The SMILES string of the molecule is COc1ccccc1Nc1ncccc1C(=O)NCC(O)c1ccc(F)cc1F. The Hall–Kier alpha value is -3.52. The first-order valence-corrected chi connectivity index (χ1v) is 8.76. The number of aliphatic hydroxyl groups is 1. The van der Waals surface area contributed by atoms with E-state index in [9.17, 15) is 18.7 Å². The molecule has 0 radical (unpaired) electrons. The van der Waals surface area contributed by atoms with E-state index in [1.54, 1.807) is 30.3 Å². The van der Waals surface area contributed by atoms with E-state index in [2.05, 4.69) is 15.6 Å². The summed E-state index contributed by atoms with van der Waals surface area (Å²) in [7, 11) is 1.53. The summed E-state index contributed by atoms with van der Waals surface area (Å²) >= 11 is 0. The molecule has 1 amide bonds. The number of carbonyl (C=O) groups excluding carboxylic acids is 1. The molecule has 0 aliphatic carbocycles. The molecule has 1 atom stereocenters. The largest absolute Gasteiger partial charge is 0.495 e. The molecule has 150 valence electrons. The monoisotopic (exact) mass is 399 g/mol. The molecule has 1 heterocycles. The van der Waals surface area contributed by atoms with E-state index in [1.165, 1.54) is 13.3 Å². The van der Waals surface area contributed by atoms with Gasteiger partial charge in [0.25, 0.3) is 5.91 Å². The molecular weight excluding hydrogens is 380 g/mol. The molecule has 6 nitrogen and oxygen atoms in total. The maximum Gasteiger partial charge on any atom is 0.255 e. The number of ether oxygens (including phenoxy) is 1. The number of hydrogen-bond donors (Lipinski definition) is 3. The van der Waals surface area contributed by atoms with Gasteiger partial charge in [-0.2, -0.15) is 0 Å². The highest BCUT2D eigenvalue weighted by atomic mass is 19.1. The Morgan fingerprint density at radius 3 is 2.72 bits per heavy atom. The van der Waals surface area contributed by atoms with Gasteiger partial charge in [0.1, 0.15) is 23.2 Å². The number of carbonyl (C=O) groups is 1. The predicted octanol–water partition coefficient (Wildman–Crippen LogP) is 3.58. The number of rotatable bonds is 7. The van der Waals surface area contributed by atoms with E-state index in [-0.39, 0.29) is 23.5 Å². The van der Waals surface area contributed by atoms with E-state index >= 15 is 0 Å². The number of aliphatic hydroxyl groups excluding tert-OH is 1. The second kappa shape index (κ2) is 9.11. The highest BCUT2D eigenvalue weighted by Crippen LogP contribution is 2.27. The highest BCUT2D eigenvalue weighted by molar-refractivity contribution is 5.99. The molecule has 8 heteroatoms. The molecule has 2 aromatic carbocycles. The molecule has 0 fully saturated rings. The fourth-order valence-electron chi connectivity index (χ4n) is 2.73. The van der Waals surface area contributed by atoms with Gasteiger partial charge in [-0.1, -0.05) is 18.2 Å². The summed E-state index contributed by atoms with van der Waals surface area (Å²) in [5.74, 6) is -1.28. The first-order valence-electron chi connectivity index (χ1n) is 8.76. The lowest BCUT2D eigenvalue weighted by molar-refractivity contribution is 0.0914. The second-order valence-electron chi connectivity index (χ2n) is 6.12. The normalized spacial score (nSPS) is 11.6. The predicted molar refractivity (Wildman–Crippen MR) is 104 cm³/mol. The Morgan fingerprint density at radius 1 is 1.17 bits per heavy atom. The van der Waals surface area contributed by atoms with Crippen molar-refractivity contribution in [2.24, 2.45) is 0 Å². The Bertz CT molecular complexity index is 1010. The van der Waals surface area contributed by atoms with Gasteiger partial charge in [0.05, 0.1) is 24.5 Å². The molecule has 0 aliphatic rings. The molecule has 0 aliphatic heterocycles. The smallest absolute Gasteiger partial charge is 0.255 e. The first-order chi connectivity index (χ1) is 14.0. The Balaban J connectivity index is 1.73. The number of amides is 1. The number of benzene rings is 2. The molecular formula is C21H19F2N3O3. The van der Waals surface area contributed by atoms with Crippen LogP contribution < -0.4 is 15.4 Å². The maximum absolute atomic E-state index is 13.8. The van der Waals surface area contributed by atoms with Crippen molar-refractivity contribution in [1.82, 2.24) is 10.3 Å². The van der Waals surface area contributed by atoms with Crippen LogP contribution in [0.2, 0.25) is 0 Å². The molecule has 0 bridgehead atoms. The lowest BCUT2D eigenvalue weighted by Gasteiger charge is -2.15. The van der Waals surface area contributed by atoms with Crippen molar-refractivity contribution in [3.05, 3.63) is 83.6 Å². The van der Waals surface area contributed by atoms with Crippen LogP contribution in [0.1, 0.15) is 22.0 Å². The number of methoxy groups -OCH3 is 1. The Morgan fingerprint density at radius 2 is 1.97 bits per heavy atom. The molecule has 0 saturated heterocycles. The summed E-state index contributed by atoms with van der Waals surface area (Å²) in [6.07, 6.45) is 0.193. The van der Waals surface area contributed by atoms with Gasteiger partial charge in [-0.25, -0.2) is 13.8 Å². The number of pyridine rings is 1. The standard InChI is InChI=1S/C21H19F2N3O3/c1-29-19-7-3-2-6-17(19)26-20-15(5-4-10-24-20)21(28)25-12-18(27)14-9-8-13(22)11-16(14)23/h2-11,18,27H,12H2,1H3,(H,24,26)(H,25,28). The zero-order valence-electron chi connectivity index (χ0n) is 15.5. The average molecular weight is 399 g/mol. The minimum Gasteiger partial charge on any atom is -0.495 e. The lowest BCUT2D eigenvalue weighted by Crippen LogP contribution is -2.29. The molecule has 3 N–H and O–H groups in total. The van der Waals surface area contributed by atoms with E-state index in [0.29, 0.717) is 17.5 Å². The van der Waals surface area contributed by atoms with Crippen molar-refractivity contribution in [3.63, 3.8) is 0 Å². The van der Waals surface area contributed by atoms with Crippen LogP contribution in [0.3, 0.4) is 0 Å². The van der Waals surface area contributed by atoms with Crippen LogP contribution in [0.5, 0.6) is 5.75 Å². The van der Waals surface area contributed by atoms with Crippen molar-refractivity contribution in [1.29, 1.82) is 0 Å². The van der Waals surface area contributed by atoms with Crippen molar-refractivity contribution in [2.75, 3.05) is 19.0 Å². The summed E-state index contributed by atoms with van der Waals surface area (Å²) in [6.45, 7) is -0.260. The van der Waals surface area contributed by atoms with Crippen molar-refractivity contribution in [2.45, 2.75) is 6.10 Å². The van der Waals surface area contributed by atoms with Gasteiger partial charge in [-0.3, -0.25) is 4.79 Å². The van der Waals surface area contributed by atoms with Crippen LogP contribution in [-0.4, -0.2) is 29.7 Å². The molecule has 1 unspecified atom stereocenters. The number of hydrogen-bond acceptors (Lipinski definition) is 5. The summed E-state index contributed by atoms with van der Waals surface area (Å²) in [6, 6.07) is 13.2. The third-order valence-corrected chi connectivity index (χ3v) is 4.19. The molecule has 0 spiro atoms. The molecule has 3 rings (SSSR count). The fraction of sp³-hybridized carbons (Fsp3) is 0.143. The van der Waals surface area contributed by atoms with Gasteiger partial charge in [0.15, 0.2) is 0 Å². The Labute approximate surface area is 166 Å². The summed E-state index contributed by atoms with van der Waals surface area (Å²) in [5, 5.41) is 15.7. The molecule has 3 aromatic rings.